The minimum Gasteiger partial charge on any atom is -0.394 e. The number of nitrogens with zero attached hydrogens (tertiary/aromatic N) is 1. The van der Waals surface area contributed by atoms with Crippen molar-refractivity contribution in [3.8, 4) is 6.07 Å². The van der Waals surface area contributed by atoms with Crippen LogP contribution in [0.3, 0.4) is 0 Å². The molecular formula is C18H14ClFN2O2. The summed E-state index contributed by atoms with van der Waals surface area (Å²) in [5, 5.41) is 20.8. The molecule has 2 rings (SSSR count). The zero-order valence-corrected chi connectivity index (χ0v) is 13.3. The van der Waals surface area contributed by atoms with Gasteiger partial charge < -0.3 is 10.4 Å². The summed E-state index contributed by atoms with van der Waals surface area (Å²) in [4.78, 5) is 12.0. The lowest BCUT2D eigenvalue weighted by atomic mass is 10.1. The van der Waals surface area contributed by atoms with E-state index in [-0.39, 0.29) is 11.6 Å². The van der Waals surface area contributed by atoms with Gasteiger partial charge in [0, 0.05) is 6.08 Å². The summed E-state index contributed by atoms with van der Waals surface area (Å²) in [7, 11) is 0. The molecule has 0 aliphatic rings. The lowest BCUT2D eigenvalue weighted by Gasteiger charge is -2.16. The Morgan fingerprint density at radius 3 is 2.83 bits per heavy atom. The number of hydrogen-bond acceptors (Lipinski definition) is 3. The minimum absolute atomic E-state index is 0.0287. The molecule has 0 fully saturated rings. The van der Waals surface area contributed by atoms with E-state index in [9.17, 15) is 14.3 Å². The van der Waals surface area contributed by atoms with Crippen LogP contribution in [0.15, 0.2) is 48.5 Å². The van der Waals surface area contributed by atoms with Gasteiger partial charge in [0.1, 0.15) is 5.82 Å². The quantitative estimate of drug-likeness (QED) is 0.818. The summed E-state index contributed by atoms with van der Waals surface area (Å²) in [5.74, 6) is -1.07. The predicted molar refractivity (Wildman–Crippen MR) is 89.6 cm³/mol. The third kappa shape index (κ3) is 4.66. The highest BCUT2D eigenvalue weighted by Crippen LogP contribution is 2.20. The lowest BCUT2D eigenvalue weighted by molar-refractivity contribution is -0.117. The molecule has 0 saturated heterocycles. The third-order valence-corrected chi connectivity index (χ3v) is 3.59. The van der Waals surface area contributed by atoms with Gasteiger partial charge in [-0.1, -0.05) is 29.8 Å². The summed E-state index contributed by atoms with van der Waals surface area (Å²) in [6, 6.07) is 12.1. The van der Waals surface area contributed by atoms with E-state index in [1.807, 2.05) is 6.07 Å². The van der Waals surface area contributed by atoms with Crippen molar-refractivity contribution in [3.05, 3.63) is 76.1 Å². The van der Waals surface area contributed by atoms with Crippen LogP contribution in [0.5, 0.6) is 0 Å². The summed E-state index contributed by atoms with van der Waals surface area (Å²) < 4.78 is 13.5. The Kier molecular flexibility index (Phi) is 6.07. The van der Waals surface area contributed by atoms with Gasteiger partial charge in [0.2, 0.25) is 5.91 Å². The summed E-state index contributed by atoms with van der Waals surface area (Å²) >= 11 is 5.62. The average molecular weight is 345 g/mol. The molecule has 0 aliphatic carbocycles. The van der Waals surface area contributed by atoms with E-state index in [0.29, 0.717) is 16.7 Å². The fourth-order valence-electron chi connectivity index (χ4n) is 2.07. The Morgan fingerprint density at radius 2 is 2.17 bits per heavy atom. The van der Waals surface area contributed by atoms with Crippen LogP contribution in [-0.2, 0) is 4.79 Å². The van der Waals surface area contributed by atoms with Gasteiger partial charge in [-0.25, -0.2) is 4.39 Å². The standard InChI is InChI=1S/C18H14ClFN2O2/c19-15-6-5-14(9-16(15)20)17(11-23)22-18(24)7-4-12-2-1-3-13(8-12)10-21/h1-9,17,23H,11H2,(H,22,24)/b7-4+. The number of carbonyl (C=O) groups excluding carboxylic acids is 1. The second-order valence-electron chi connectivity index (χ2n) is 4.99. The molecule has 0 bridgehead atoms. The molecule has 2 N–H and O–H groups in total. The van der Waals surface area contributed by atoms with Crippen LogP contribution in [0.25, 0.3) is 6.08 Å². The predicted octanol–water partition coefficient (Wildman–Crippen LogP) is 3.21. The first-order valence-electron chi connectivity index (χ1n) is 7.08. The Hall–Kier alpha value is -2.68. The summed E-state index contributed by atoms with van der Waals surface area (Å²) in [5.41, 5.74) is 1.59. The Bertz CT molecular complexity index is 815. The van der Waals surface area contributed by atoms with E-state index < -0.39 is 17.8 Å². The zero-order valence-electron chi connectivity index (χ0n) is 12.5. The smallest absolute Gasteiger partial charge is 0.244 e. The second-order valence-corrected chi connectivity index (χ2v) is 5.40. The molecule has 1 amide bonds. The molecule has 0 aliphatic heterocycles. The summed E-state index contributed by atoms with van der Waals surface area (Å²) in [6.07, 6.45) is 2.83. The molecular weight excluding hydrogens is 331 g/mol. The molecule has 0 heterocycles. The molecule has 1 atom stereocenters. The molecule has 24 heavy (non-hydrogen) atoms. The van der Waals surface area contributed by atoms with Crippen LogP contribution in [-0.4, -0.2) is 17.6 Å². The fraction of sp³-hybridized carbons (Fsp3) is 0.111. The van der Waals surface area contributed by atoms with Crippen LogP contribution in [0.4, 0.5) is 4.39 Å². The van der Waals surface area contributed by atoms with Crippen molar-refractivity contribution in [2.45, 2.75) is 6.04 Å². The first-order valence-corrected chi connectivity index (χ1v) is 7.46. The van der Waals surface area contributed by atoms with E-state index in [2.05, 4.69) is 5.32 Å². The number of nitrogens with one attached hydrogen (secondary N) is 1. The van der Waals surface area contributed by atoms with E-state index in [4.69, 9.17) is 16.9 Å². The van der Waals surface area contributed by atoms with Crippen LogP contribution in [0.1, 0.15) is 22.7 Å². The van der Waals surface area contributed by atoms with E-state index in [0.717, 1.165) is 0 Å². The number of aliphatic hydroxyl groups is 1. The van der Waals surface area contributed by atoms with Gasteiger partial charge in [0.05, 0.1) is 29.3 Å². The van der Waals surface area contributed by atoms with Crippen molar-refractivity contribution in [1.29, 1.82) is 5.26 Å². The van der Waals surface area contributed by atoms with Crippen molar-refractivity contribution in [2.24, 2.45) is 0 Å². The highest BCUT2D eigenvalue weighted by atomic mass is 35.5. The summed E-state index contributed by atoms with van der Waals surface area (Å²) in [6.45, 7) is -0.384. The molecule has 2 aromatic carbocycles. The number of rotatable bonds is 5. The van der Waals surface area contributed by atoms with Crippen molar-refractivity contribution >= 4 is 23.6 Å². The third-order valence-electron chi connectivity index (χ3n) is 3.29. The van der Waals surface area contributed by atoms with Gasteiger partial charge in [-0.2, -0.15) is 5.26 Å². The zero-order chi connectivity index (χ0) is 17.5. The molecule has 0 radical (unpaired) electrons. The molecule has 0 aromatic heterocycles. The van der Waals surface area contributed by atoms with Gasteiger partial charge >= 0.3 is 0 Å². The Labute approximate surface area is 143 Å². The van der Waals surface area contributed by atoms with Gasteiger partial charge in [-0.05, 0) is 41.5 Å². The highest BCUT2D eigenvalue weighted by molar-refractivity contribution is 6.30. The number of amides is 1. The number of halogens is 2. The van der Waals surface area contributed by atoms with Crippen LogP contribution in [0, 0.1) is 17.1 Å². The maximum atomic E-state index is 13.5. The molecule has 122 valence electrons. The van der Waals surface area contributed by atoms with Crippen LogP contribution < -0.4 is 5.32 Å². The normalized spacial score (nSPS) is 11.9. The molecule has 4 nitrogen and oxygen atoms in total. The Balaban J connectivity index is 2.07. The van der Waals surface area contributed by atoms with E-state index in [1.54, 1.807) is 30.3 Å². The van der Waals surface area contributed by atoms with Crippen molar-refractivity contribution in [1.82, 2.24) is 5.32 Å². The largest absolute Gasteiger partial charge is 0.394 e. The number of aliphatic hydroxyl groups excluding tert-OH is 1. The van der Waals surface area contributed by atoms with Gasteiger partial charge in [0.15, 0.2) is 0 Å². The molecule has 1 unspecified atom stereocenters. The van der Waals surface area contributed by atoms with Gasteiger partial charge in [-0.3, -0.25) is 4.79 Å². The monoisotopic (exact) mass is 344 g/mol. The van der Waals surface area contributed by atoms with E-state index in [1.165, 1.54) is 24.3 Å². The minimum atomic E-state index is -0.751. The Morgan fingerprint density at radius 1 is 1.38 bits per heavy atom. The first kappa shape index (κ1) is 17.7. The second kappa shape index (κ2) is 8.25. The number of carbonyl (C=O) groups is 1. The molecule has 0 saturated carbocycles. The van der Waals surface area contributed by atoms with Gasteiger partial charge in [0.25, 0.3) is 0 Å². The molecule has 2 aromatic rings. The van der Waals surface area contributed by atoms with Crippen molar-refractivity contribution in [3.63, 3.8) is 0 Å². The van der Waals surface area contributed by atoms with Crippen molar-refractivity contribution in [2.75, 3.05) is 6.61 Å². The number of hydrogen-bond donors (Lipinski definition) is 2. The lowest BCUT2D eigenvalue weighted by Crippen LogP contribution is -2.29. The van der Waals surface area contributed by atoms with Gasteiger partial charge in [-0.15, -0.1) is 0 Å². The fourth-order valence-corrected chi connectivity index (χ4v) is 2.18. The molecule has 6 heteroatoms. The molecule has 0 spiro atoms. The topological polar surface area (TPSA) is 73.1 Å². The number of nitriles is 1. The maximum absolute atomic E-state index is 13.5. The van der Waals surface area contributed by atoms with Crippen LogP contribution in [0.2, 0.25) is 5.02 Å². The SMILES string of the molecule is N#Cc1cccc(/C=C/C(=O)NC(CO)c2ccc(Cl)c(F)c2)c1. The highest BCUT2D eigenvalue weighted by Gasteiger charge is 2.14. The first-order chi connectivity index (χ1) is 11.5. The average Bonchev–Trinajstić information content (AvgIpc) is 2.60. The van der Waals surface area contributed by atoms with E-state index >= 15 is 0 Å². The van der Waals surface area contributed by atoms with Crippen molar-refractivity contribution < 1.29 is 14.3 Å². The number of benzene rings is 2. The maximum Gasteiger partial charge on any atom is 0.244 e. The van der Waals surface area contributed by atoms with Crippen LogP contribution >= 0.6 is 11.6 Å².